The van der Waals surface area contributed by atoms with Gasteiger partial charge in [-0.05, 0) is 50.1 Å². The number of amides is 4. The number of aliphatic hydroxyl groups is 1. The number of hydrogen-bond donors (Lipinski definition) is 2. The SMILES string of the molecule is CC(C)(O)CNC(=O)N1C(=O)N(c2cccc(C(F)F)c2)C2=C(C(=O)CC2)C1c1ccc(C#N)cc1S(C)(=O)=O. The molecule has 2 aromatic carbocycles. The minimum absolute atomic E-state index is 0.00161. The molecule has 0 aromatic heterocycles. The zero-order valence-corrected chi connectivity index (χ0v) is 22.6. The molecule has 2 aliphatic rings. The van der Waals surface area contributed by atoms with Gasteiger partial charge in [0.25, 0.3) is 6.43 Å². The summed E-state index contributed by atoms with van der Waals surface area (Å²) in [4.78, 5) is 42.3. The fourth-order valence-corrected chi connectivity index (χ4v) is 5.71. The number of anilines is 1. The van der Waals surface area contributed by atoms with E-state index in [2.05, 4.69) is 5.32 Å². The van der Waals surface area contributed by atoms with E-state index in [1.54, 1.807) is 0 Å². The molecular weight excluding hydrogens is 546 g/mol. The zero-order chi connectivity index (χ0) is 29.6. The lowest BCUT2D eigenvalue weighted by molar-refractivity contribution is -0.115. The van der Waals surface area contributed by atoms with Crippen LogP contribution in [0.1, 0.15) is 55.8 Å². The number of urea groups is 2. The lowest BCUT2D eigenvalue weighted by Crippen LogP contribution is -2.56. The van der Waals surface area contributed by atoms with E-state index in [0.717, 1.165) is 23.3 Å². The van der Waals surface area contributed by atoms with Gasteiger partial charge < -0.3 is 10.4 Å². The highest BCUT2D eigenvalue weighted by Crippen LogP contribution is 2.46. The molecule has 210 valence electrons. The molecule has 1 unspecified atom stereocenters. The van der Waals surface area contributed by atoms with Gasteiger partial charge in [0.2, 0.25) is 0 Å². The average molecular weight is 573 g/mol. The van der Waals surface area contributed by atoms with Crippen LogP contribution in [0.3, 0.4) is 0 Å². The monoisotopic (exact) mass is 572 g/mol. The lowest BCUT2D eigenvalue weighted by atomic mass is 9.92. The lowest BCUT2D eigenvalue weighted by Gasteiger charge is -2.41. The fraction of sp³-hybridized carbons (Fsp3) is 0.333. The van der Waals surface area contributed by atoms with Crippen LogP contribution in [-0.4, -0.2) is 54.7 Å². The third-order valence-corrected chi connectivity index (χ3v) is 7.66. The Morgan fingerprint density at radius 1 is 1.20 bits per heavy atom. The Morgan fingerprint density at radius 2 is 1.90 bits per heavy atom. The Labute approximate surface area is 229 Å². The number of benzene rings is 2. The second kappa shape index (κ2) is 10.4. The van der Waals surface area contributed by atoms with Crippen LogP contribution in [-0.2, 0) is 14.6 Å². The van der Waals surface area contributed by atoms with E-state index in [9.17, 15) is 42.0 Å². The molecule has 13 heteroatoms. The minimum Gasteiger partial charge on any atom is -0.389 e. The third-order valence-electron chi connectivity index (χ3n) is 6.51. The smallest absolute Gasteiger partial charge is 0.337 e. The highest BCUT2D eigenvalue weighted by molar-refractivity contribution is 7.90. The molecule has 4 amide bonds. The van der Waals surface area contributed by atoms with Gasteiger partial charge in [-0.1, -0.05) is 18.2 Å². The average Bonchev–Trinajstić information content (AvgIpc) is 3.26. The summed E-state index contributed by atoms with van der Waals surface area (Å²) in [6.45, 7) is 2.51. The number of halogens is 2. The summed E-state index contributed by atoms with van der Waals surface area (Å²) in [5.41, 5.74) is -1.76. The van der Waals surface area contributed by atoms with Crippen LogP contribution < -0.4 is 10.2 Å². The van der Waals surface area contributed by atoms with Gasteiger partial charge in [0.05, 0.1) is 27.8 Å². The molecule has 10 nitrogen and oxygen atoms in total. The van der Waals surface area contributed by atoms with Gasteiger partial charge in [-0.2, -0.15) is 5.26 Å². The molecule has 0 bridgehead atoms. The Bertz CT molecular complexity index is 1590. The number of hydrogen-bond acceptors (Lipinski definition) is 7. The number of alkyl halides is 2. The summed E-state index contributed by atoms with van der Waals surface area (Å²) >= 11 is 0. The highest BCUT2D eigenvalue weighted by atomic mass is 32.2. The van der Waals surface area contributed by atoms with Crippen molar-refractivity contribution in [2.75, 3.05) is 17.7 Å². The first-order valence-corrected chi connectivity index (χ1v) is 14.0. The predicted molar refractivity (Wildman–Crippen MR) is 139 cm³/mol. The van der Waals surface area contributed by atoms with E-state index in [1.165, 1.54) is 44.2 Å². The number of imide groups is 1. The second-order valence-corrected chi connectivity index (χ2v) is 12.2. The van der Waals surface area contributed by atoms with Crippen molar-refractivity contribution in [3.05, 3.63) is 70.4 Å². The predicted octanol–water partition coefficient (Wildman–Crippen LogP) is 3.98. The van der Waals surface area contributed by atoms with Gasteiger partial charge in [0, 0.05) is 36.1 Å². The van der Waals surface area contributed by atoms with Crippen molar-refractivity contribution in [2.45, 2.75) is 49.7 Å². The second-order valence-electron chi connectivity index (χ2n) is 10.2. The van der Waals surface area contributed by atoms with Crippen LogP contribution in [0.2, 0.25) is 0 Å². The number of ketones is 1. The maximum absolute atomic E-state index is 14.1. The van der Waals surface area contributed by atoms with E-state index in [1.807, 2.05) is 6.07 Å². The molecule has 0 saturated carbocycles. The Balaban J connectivity index is 2.00. The van der Waals surface area contributed by atoms with E-state index >= 15 is 0 Å². The van der Waals surface area contributed by atoms with Crippen molar-refractivity contribution in [3.63, 3.8) is 0 Å². The maximum Gasteiger partial charge on any atom is 0.337 e. The molecule has 2 aromatic rings. The standard InChI is InChI=1S/C27H26F2N4O6S/c1-27(2,37)14-31-25(35)33-23(18-8-7-15(13-30)11-21(18)40(3,38)39)22-19(9-10-20(22)34)32(26(33)36)17-6-4-5-16(12-17)24(28)29/h4-8,11-12,23-24,37H,9-10,14H2,1-3H3,(H,31,35). The number of nitriles is 1. The van der Waals surface area contributed by atoms with Crippen molar-refractivity contribution in [3.8, 4) is 6.07 Å². The number of nitrogens with one attached hydrogen (secondary N) is 1. The number of carbonyl (C=O) groups is 3. The Morgan fingerprint density at radius 3 is 2.50 bits per heavy atom. The van der Waals surface area contributed by atoms with Gasteiger partial charge in [0.1, 0.15) is 6.04 Å². The van der Waals surface area contributed by atoms with Crippen LogP contribution >= 0.6 is 0 Å². The van der Waals surface area contributed by atoms with E-state index < -0.39 is 45.8 Å². The molecule has 0 fully saturated rings. The number of allylic oxidation sites excluding steroid dienone is 1. The third kappa shape index (κ3) is 5.45. The van der Waals surface area contributed by atoms with Crippen LogP contribution in [0.15, 0.2) is 58.6 Å². The van der Waals surface area contributed by atoms with E-state index in [0.29, 0.717) is 4.90 Å². The molecule has 1 heterocycles. The summed E-state index contributed by atoms with van der Waals surface area (Å²) in [6.07, 6.45) is -1.99. The maximum atomic E-state index is 14.1. The summed E-state index contributed by atoms with van der Waals surface area (Å²) in [7, 11) is -4.04. The number of Topliss-reactive ketones (excluding diaryl/α,β-unsaturated/α-hetero) is 1. The van der Waals surface area contributed by atoms with Crippen molar-refractivity contribution in [1.82, 2.24) is 10.2 Å². The normalized spacial score (nSPS) is 17.8. The van der Waals surface area contributed by atoms with Crippen LogP contribution in [0.4, 0.5) is 24.1 Å². The minimum atomic E-state index is -4.04. The number of nitrogens with zero attached hydrogens (tertiary/aromatic N) is 3. The summed E-state index contributed by atoms with van der Waals surface area (Å²) < 4.78 is 52.6. The first-order chi connectivity index (χ1) is 18.6. The van der Waals surface area contributed by atoms with Crippen molar-refractivity contribution >= 4 is 33.4 Å². The number of rotatable bonds is 6. The zero-order valence-electron chi connectivity index (χ0n) is 21.8. The summed E-state index contributed by atoms with van der Waals surface area (Å²) in [5.74, 6) is -0.466. The van der Waals surface area contributed by atoms with Crippen LogP contribution in [0.25, 0.3) is 0 Å². The van der Waals surface area contributed by atoms with Gasteiger partial charge in [-0.15, -0.1) is 0 Å². The van der Waals surface area contributed by atoms with Crippen molar-refractivity contribution in [1.29, 1.82) is 5.26 Å². The molecule has 40 heavy (non-hydrogen) atoms. The quantitative estimate of drug-likeness (QED) is 0.532. The molecule has 0 saturated heterocycles. The Hall–Kier alpha value is -4.15. The molecule has 1 aliphatic carbocycles. The first kappa shape index (κ1) is 28.8. The molecular formula is C27H26F2N4O6S. The highest BCUT2D eigenvalue weighted by Gasteiger charge is 2.49. The molecule has 0 spiro atoms. The van der Waals surface area contributed by atoms with Gasteiger partial charge in [-0.3, -0.25) is 9.69 Å². The topological polar surface area (TPSA) is 148 Å². The van der Waals surface area contributed by atoms with Crippen LogP contribution in [0.5, 0.6) is 0 Å². The summed E-state index contributed by atoms with van der Waals surface area (Å²) in [6, 6.07) is 6.89. The van der Waals surface area contributed by atoms with Crippen LogP contribution in [0, 0.1) is 11.3 Å². The molecule has 1 atom stereocenters. The summed E-state index contributed by atoms with van der Waals surface area (Å²) in [5, 5.41) is 21.9. The van der Waals surface area contributed by atoms with Gasteiger partial charge in [0.15, 0.2) is 15.6 Å². The van der Waals surface area contributed by atoms with Gasteiger partial charge in [-0.25, -0.2) is 31.7 Å². The fourth-order valence-electron chi connectivity index (χ4n) is 4.76. The first-order valence-electron chi connectivity index (χ1n) is 12.2. The van der Waals surface area contributed by atoms with E-state index in [-0.39, 0.29) is 57.9 Å². The van der Waals surface area contributed by atoms with Crippen molar-refractivity contribution < 1.29 is 36.7 Å². The number of carbonyl (C=O) groups excluding carboxylic acids is 3. The molecule has 0 radical (unpaired) electrons. The molecule has 4 rings (SSSR count). The van der Waals surface area contributed by atoms with Crippen molar-refractivity contribution in [2.24, 2.45) is 0 Å². The largest absolute Gasteiger partial charge is 0.389 e. The Kier molecular flexibility index (Phi) is 7.53. The number of sulfone groups is 1. The van der Waals surface area contributed by atoms with Gasteiger partial charge >= 0.3 is 12.1 Å². The molecule has 2 N–H and O–H groups in total. The molecule has 1 aliphatic heterocycles. The van der Waals surface area contributed by atoms with E-state index in [4.69, 9.17) is 0 Å².